The third-order valence-corrected chi connectivity index (χ3v) is 4.24. The third kappa shape index (κ3) is 3.05. The van der Waals surface area contributed by atoms with E-state index in [1.807, 2.05) is 18.4 Å². The number of rotatable bonds is 5. The van der Waals surface area contributed by atoms with Gasteiger partial charge in [-0.15, -0.1) is 11.3 Å². The van der Waals surface area contributed by atoms with Gasteiger partial charge >= 0.3 is 0 Å². The van der Waals surface area contributed by atoms with E-state index < -0.39 is 0 Å². The maximum atomic E-state index is 4.71. The summed E-state index contributed by atoms with van der Waals surface area (Å²) in [7, 11) is 2.02. The molecule has 1 atom stereocenters. The highest BCUT2D eigenvalue weighted by Crippen LogP contribution is 2.25. The second-order valence-corrected chi connectivity index (χ2v) is 5.96. The first-order chi connectivity index (χ1) is 8.20. The quantitative estimate of drug-likeness (QED) is 0.878. The van der Waals surface area contributed by atoms with E-state index in [1.165, 1.54) is 9.71 Å². The molecule has 0 spiro atoms. The van der Waals surface area contributed by atoms with Crippen LogP contribution in [0.3, 0.4) is 0 Å². The van der Waals surface area contributed by atoms with Gasteiger partial charge in [0.1, 0.15) is 0 Å². The average molecular weight is 248 g/mol. The largest absolute Gasteiger partial charge is 0.319 e. The van der Waals surface area contributed by atoms with Crippen molar-refractivity contribution in [3.63, 3.8) is 0 Å². The molecule has 1 N–H and O–H groups in total. The van der Waals surface area contributed by atoms with E-state index >= 15 is 0 Å². The van der Waals surface area contributed by atoms with Gasteiger partial charge in [0, 0.05) is 6.42 Å². The van der Waals surface area contributed by atoms with Gasteiger partial charge < -0.3 is 5.32 Å². The van der Waals surface area contributed by atoms with Crippen LogP contribution in [-0.4, -0.2) is 18.6 Å². The number of nitrogens with one attached hydrogen (secondary N) is 1. The number of nitrogens with zero attached hydrogens (tertiary/aromatic N) is 1. The molecule has 1 unspecified atom stereocenters. The van der Waals surface area contributed by atoms with E-state index in [1.54, 1.807) is 0 Å². The fourth-order valence-corrected chi connectivity index (χ4v) is 3.10. The van der Waals surface area contributed by atoms with Gasteiger partial charge in [-0.2, -0.15) is 0 Å². The molecule has 1 aromatic carbocycles. The Morgan fingerprint density at radius 1 is 1.29 bits per heavy atom. The minimum absolute atomic E-state index is 0.667. The molecule has 1 aromatic heterocycles. The van der Waals surface area contributed by atoms with Crippen LogP contribution in [0.2, 0.25) is 0 Å². The summed E-state index contributed by atoms with van der Waals surface area (Å²) in [5, 5.41) is 4.54. The van der Waals surface area contributed by atoms with E-state index in [9.17, 15) is 0 Å². The molecule has 3 heteroatoms. The van der Waals surface area contributed by atoms with Gasteiger partial charge in [-0.05, 0) is 37.6 Å². The normalized spacial score (nSPS) is 13.4. The summed E-state index contributed by atoms with van der Waals surface area (Å²) in [6.45, 7) is 5.64. The number of hydrogen-bond acceptors (Lipinski definition) is 3. The predicted octanol–water partition coefficient (Wildman–Crippen LogP) is 3.33. The van der Waals surface area contributed by atoms with Crippen molar-refractivity contribution >= 4 is 21.6 Å². The van der Waals surface area contributed by atoms with Gasteiger partial charge in [-0.1, -0.05) is 26.0 Å². The van der Waals surface area contributed by atoms with Gasteiger partial charge in [0.25, 0.3) is 0 Å². The summed E-state index contributed by atoms with van der Waals surface area (Å²) in [5.74, 6) is 1.36. The lowest BCUT2D eigenvalue weighted by Gasteiger charge is -2.18. The highest BCUT2D eigenvalue weighted by Gasteiger charge is 2.15. The summed E-state index contributed by atoms with van der Waals surface area (Å²) in [5.41, 5.74) is 1.14. The van der Waals surface area contributed by atoms with Gasteiger partial charge in [0.15, 0.2) is 0 Å². The van der Waals surface area contributed by atoms with Crippen molar-refractivity contribution in [3.8, 4) is 0 Å². The van der Waals surface area contributed by atoms with E-state index in [4.69, 9.17) is 4.98 Å². The van der Waals surface area contributed by atoms with E-state index in [0.29, 0.717) is 11.8 Å². The first-order valence-electron chi connectivity index (χ1n) is 6.19. The van der Waals surface area contributed by atoms with Crippen LogP contribution in [0.5, 0.6) is 0 Å². The van der Waals surface area contributed by atoms with E-state index in [-0.39, 0.29) is 0 Å². The molecule has 0 radical (unpaired) electrons. The second kappa shape index (κ2) is 5.61. The molecule has 17 heavy (non-hydrogen) atoms. The minimum Gasteiger partial charge on any atom is -0.319 e. The molecular formula is C14H20N2S. The van der Waals surface area contributed by atoms with Crippen molar-refractivity contribution in [3.05, 3.63) is 29.3 Å². The van der Waals surface area contributed by atoms with Crippen LogP contribution in [0.25, 0.3) is 10.2 Å². The van der Waals surface area contributed by atoms with Crippen LogP contribution in [0, 0.1) is 11.8 Å². The average Bonchev–Trinajstić information content (AvgIpc) is 2.70. The van der Waals surface area contributed by atoms with Gasteiger partial charge in [-0.25, -0.2) is 4.98 Å². The summed E-state index contributed by atoms with van der Waals surface area (Å²) in [4.78, 5) is 4.71. The van der Waals surface area contributed by atoms with Crippen LogP contribution >= 0.6 is 11.3 Å². The highest BCUT2D eigenvalue weighted by molar-refractivity contribution is 7.18. The van der Waals surface area contributed by atoms with E-state index in [0.717, 1.165) is 18.5 Å². The molecule has 2 rings (SSSR count). The molecule has 1 heterocycles. The molecular weight excluding hydrogens is 228 g/mol. The lowest BCUT2D eigenvalue weighted by atomic mass is 9.93. The molecule has 0 aliphatic heterocycles. The molecule has 0 saturated heterocycles. The fourth-order valence-electron chi connectivity index (χ4n) is 2.04. The predicted molar refractivity (Wildman–Crippen MR) is 75.6 cm³/mol. The Labute approximate surface area is 107 Å². The van der Waals surface area contributed by atoms with Crippen LogP contribution in [-0.2, 0) is 6.42 Å². The number of para-hydroxylation sites is 1. The summed E-state index contributed by atoms with van der Waals surface area (Å²) in [6.07, 6.45) is 1.08. The smallest absolute Gasteiger partial charge is 0.0941 e. The third-order valence-electron chi connectivity index (χ3n) is 3.18. The molecule has 0 amide bonds. The molecule has 92 valence electrons. The minimum atomic E-state index is 0.667. The van der Waals surface area contributed by atoms with E-state index in [2.05, 4.69) is 43.4 Å². The van der Waals surface area contributed by atoms with Crippen molar-refractivity contribution < 1.29 is 0 Å². The van der Waals surface area contributed by atoms with Crippen molar-refractivity contribution in [2.75, 3.05) is 13.6 Å². The van der Waals surface area contributed by atoms with Crippen LogP contribution in [0.1, 0.15) is 18.9 Å². The molecule has 2 aromatic rings. The molecule has 0 saturated carbocycles. The zero-order valence-corrected chi connectivity index (χ0v) is 11.6. The van der Waals surface area contributed by atoms with Crippen molar-refractivity contribution in [2.45, 2.75) is 20.3 Å². The monoisotopic (exact) mass is 248 g/mol. The Morgan fingerprint density at radius 2 is 2.06 bits per heavy atom. The number of aromatic nitrogens is 1. The lowest BCUT2D eigenvalue weighted by molar-refractivity contribution is 0.370. The van der Waals surface area contributed by atoms with Gasteiger partial charge in [0.2, 0.25) is 0 Å². The second-order valence-electron chi connectivity index (χ2n) is 4.84. The summed E-state index contributed by atoms with van der Waals surface area (Å²) < 4.78 is 1.30. The number of benzene rings is 1. The molecule has 0 aliphatic rings. The molecule has 0 aliphatic carbocycles. The Morgan fingerprint density at radius 3 is 2.71 bits per heavy atom. The first-order valence-corrected chi connectivity index (χ1v) is 7.01. The maximum Gasteiger partial charge on any atom is 0.0941 e. The Balaban J connectivity index is 2.16. The SMILES string of the molecule is CNCC(Cc1nc2ccccc2s1)C(C)C. The molecule has 2 nitrogen and oxygen atoms in total. The number of hydrogen-bond donors (Lipinski definition) is 1. The van der Waals surface area contributed by atoms with Gasteiger partial charge in [-0.3, -0.25) is 0 Å². The zero-order valence-electron chi connectivity index (χ0n) is 10.7. The van der Waals surface area contributed by atoms with Crippen molar-refractivity contribution in [1.29, 1.82) is 0 Å². The summed E-state index contributed by atoms with van der Waals surface area (Å²) in [6, 6.07) is 8.38. The lowest BCUT2D eigenvalue weighted by Crippen LogP contribution is -2.25. The standard InChI is InChI=1S/C14H20N2S/c1-10(2)11(9-15-3)8-14-16-12-6-4-5-7-13(12)17-14/h4-7,10-11,15H,8-9H2,1-3H3. The summed E-state index contributed by atoms with van der Waals surface area (Å²) >= 11 is 1.83. The molecule has 0 bridgehead atoms. The van der Waals surface area contributed by atoms with Gasteiger partial charge in [0.05, 0.1) is 15.2 Å². The Kier molecular flexibility index (Phi) is 4.13. The van der Waals surface area contributed by atoms with Crippen molar-refractivity contribution in [1.82, 2.24) is 10.3 Å². The molecule has 0 fully saturated rings. The van der Waals surface area contributed by atoms with Crippen LogP contribution in [0.4, 0.5) is 0 Å². The highest BCUT2D eigenvalue weighted by atomic mass is 32.1. The Bertz CT molecular complexity index is 443. The zero-order chi connectivity index (χ0) is 12.3. The first kappa shape index (κ1) is 12.5. The Hall–Kier alpha value is -0.930. The fraction of sp³-hybridized carbons (Fsp3) is 0.500. The van der Waals surface area contributed by atoms with Crippen LogP contribution in [0.15, 0.2) is 24.3 Å². The van der Waals surface area contributed by atoms with Crippen molar-refractivity contribution in [2.24, 2.45) is 11.8 Å². The maximum absolute atomic E-state index is 4.71. The topological polar surface area (TPSA) is 24.9 Å². The number of thiazole rings is 1. The van der Waals surface area contributed by atoms with Crippen LogP contribution < -0.4 is 5.32 Å². The number of fused-ring (bicyclic) bond motifs is 1.